The molecule has 3 rings (SSSR count). The first-order valence-corrected chi connectivity index (χ1v) is 9.55. The van der Waals surface area contributed by atoms with Crippen molar-refractivity contribution in [1.82, 2.24) is 4.98 Å². The lowest BCUT2D eigenvalue weighted by Crippen LogP contribution is -2.47. The molecular formula is C21H28N2O3. The molecule has 0 radical (unpaired) electrons. The largest absolute Gasteiger partial charge is 0.489 e. The third-order valence-electron chi connectivity index (χ3n) is 4.84. The molecule has 1 N–H and O–H groups in total. The average molecular weight is 356 g/mol. The summed E-state index contributed by atoms with van der Waals surface area (Å²) in [5.41, 5.74) is 0.793. The van der Waals surface area contributed by atoms with Crippen LogP contribution in [-0.4, -0.2) is 29.2 Å². The average Bonchev–Trinajstić information content (AvgIpc) is 2.64. The number of hydrogen-bond donors (Lipinski definition) is 1. The molecule has 2 aromatic rings. The third-order valence-corrected chi connectivity index (χ3v) is 4.84. The van der Waals surface area contributed by atoms with E-state index in [9.17, 15) is 4.79 Å². The summed E-state index contributed by atoms with van der Waals surface area (Å²) in [4.78, 5) is 17.6. The van der Waals surface area contributed by atoms with Gasteiger partial charge in [-0.1, -0.05) is 19.3 Å². The minimum absolute atomic E-state index is 0.0540. The normalized spacial score (nSPS) is 16.6. The van der Waals surface area contributed by atoms with Crippen molar-refractivity contribution in [3.63, 3.8) is 0 Å². The first-order valence-electron chi connectivity index (χ1n) is 9.55. The summed E-state index contributed by atoms with van der Waals surface area (Å²) in [5.74, 6) is 0.674. The molecule has 0 aliphatic heterocycles. The number of nitrogens with one attached hydrogen (secondary N) is 1. The summed E-state index contributed by atoms with van der Waals surface area (Å²) in [6, 6.07) is 7.59. The highest BCUT2D eigenvalue weighted by Gasteiger charge is 2.40. The van der Waals surface area contributed by atoms with Gasteiger partial charge in [-0.2, -0.15) is 0 Å². The van der Waals surface area contributed by atoms with Gasteiger partial charge in [0.05, 0.1) is 11.8 Å². The van der Waals surface area contributed by atoms with E-state index in [-0.39, 0.29) is 12.0 Å². The quantitative estimate of drug-likeness (QED) is 0.815. The fraction of sp³-hybridized carbons (Fsp3) is 0.524. The fourth-order valence-electron chi connectivity index (χ4n) is 3.68. The number of hydrogen-bond acceptors (Lipinski definition) is 4. The van der Waals surface area contributed by atoms with Crippen molar-refractivity contribution in [2.24, 2.45) is 0 Å². The summed E-state index contributed by atoms with van der Waals surface area (Å²) >= 11 is 0. The van der Waals surface area contributed by atoms with Gasteiger partial charge >= 0.3 is 0 Å². The highest BCUT2D eigenvalue weighted by molar-refractivity contribution is 6.05. The highest BCUT2D eigenvalue weighted by Crippen LogP contribution is 2.35. The minimum Gasteiger partial charge on any atom is -0.489 e. The Bertz CT molecular complexity index is 761. The predicted molar refractivity (Wildman–Crippen MR) is 104 cm³/mol. The van der Waals surface area contributed by atoms with Gasteiger partial charge in [-0.25, -0.2) is 0 Å². The van der Waals surface area contributed by atoms with Gasteiger partial charge in [-0.15, -0.1) is 0 Å². The molecule has 1 saturated carbocycles. The Morgan fingerprint density at radius 2 is 2.00 bits per heavy atom. The van der Waals surface area contributed by atoms with E-state index in [2.05, 4.69) is 10.3 Å². The van der Waals surface area contributed by atoms with Crippen molar-refractivity contribution in [2.45, 2.75) is 64.6 Å². The molecule has 0 unspecified atom stereocenters. The number of pyridine rings is 1. The summed E-state index contributed by atoms with van der Waals surface area (Å²) in [5, 5.41) is 3.98. The number of carbonyl (C=O) groups is 1. The van der Waals surface area contributed by atoms with Crippen LogP contribution in [0.2, 0.25) is 0 Å². The molecule has 1 amide bonds. The molecule has 1 aromatic heterocycles. The zero-order valence-corrected chi connectivity index (χ0v) is 15.9. The predicted octanol–water partition coefficient (Wildman–Crippen LogP) is 4.70. The molecular weight excluding hydrogens is 328 g/mol. The standard InChI is InChI=1S/C21H28N2O3/c1-4-25-21(12-6-5-7-13-21)20(24)23-17-10-11-18(26-15(2)3)19-16(17)9-8-14-22-19/h8-11,14-15H,4-7,12-13H2,1-3H3,(H,23,24). The van der Waals surface area contributed by atoms with E-state index in [0.29, 0.717) is 6.61 Å². The number of rotatable bonds is 6. The second kappa shape index (κ2) is 8.04. The lowest BCUT2D eigenvalue weighted by atomic mass is 9.83. The molecule has 0 spiro atoms. The maximum Gasteiger partial charge on any atom is 0.256 e. The second-order valence-electron chi connectivity index (χ2n) is 7.12. The Morgan fingerprint density at radius 1 is 1.23 bits per heavy atom. The lowest BCUT2D eigenvalue weighted by molar-refractivity contribution is -0.145. The Labute approximate surface area is 155 Å². The first kappa shape index (κ1) is 18.6. The summed E-state index contributed by atoms with van der Waals surface area (Å²) in [6.45, 7) is 6.46. The molecule has 0 saturated heterocycles. The van der Waals surface area contributed by atoms with Crippen molar-refractivity contribution in [3.8, 4) is 5.75 Å². The van der Waals surface area contributed by atoms with Crippen molar-refractivity contribution in [3.05, 3.63) is 30.5 Å². The van der Waals surface area contributed by atoms with Crippen LogP contribution in [0.5, 0.6) is 5.75 Å². The van der Waals surface area contributed by atoms with Crippen molar-refractivity contribution in [1.29, 1.82) is 0 Å². The Kier molecular flexibility index (Phi) is 5.77. The van der Waals surface area contributed by atoms with E-state index in [1.807, 2.05) is 45.0 Å². The van der Waals surface area contributed by atoms with Gasteiger partial charge < -0.3 is 14.8 Å². The van der Waals surface area contributed by atoms with E-state index in [1.165, 1.54) is 0 Å². The van der Waals surface area contributed by atoms with Gasteiger partial charge in [0.2, 0.25) is 0 Å². The minimum atomic E-state index is -0.714. The second-order valence-corrected chi connectivity index (χ2v) is 7.12. The molecule has 5 nitrogen and oxygen atoms in total. The number of aromatic nitrogens is 1. The van der Waals surface area contributed by atoms with Crippen LogP contribution in [-0.2, 0) is 9.53 Å². The maximum absolute atomic E-state index is 13.1. The van der Waals surface area contributed by atoms with Crippen molar-refractivity contribution in [2.75, 3.05) is 11.9 Å². The topological polar surface area (TPSA) is 60.5 Å². The Balaban J connectivity index is 1.92. The van der Waals surface area contributed by atoms with E-state index in [0.717, 1.165) is 54.4 Å². The van der Waals surface area contributed by atoms with E-state index in [1.54, 1.807) is 6.20 Å². The summed E-state index contributed by atoms with van der Waals surface area (Å²) < 4.78 is 11.8. The maximum atomic E-state index is 13.1. The van der Waals surface area contributed by atoms with Gasteiger partial charge in [0, 0.05) is 18.2 Å². The van der Waals surface area contributed by atoms with Gasteiger partial charge in [-0.05, 0) is 57.9 Å². The van der Waals surface area contributed by atoms with Gasteiger partial charge in [0.25, 0.3) is 5.91 Å². The van der Waals surface area contributed by atoms with Crippen LogP contribution in [0.1, 0.15) is 52.9 Å². The summed E-state index contributed by atoms with van der Waals surface area (Å²) in [6.07, 6.45) is 6.56. The molecule has 26 heavy (non-hydrogen) atoms. The van der Waals surface area contributed by atoms with Crippen LogP contribution in [0.4, 0.5) is 5.69 Å². The molecule has 5 heteroatoms. The molecule has 1 heterocycles. The van der Waals surface area contributed by atoms with E-state index < -0.39 is 5.60 Å². The van der Waals surface area contributed by atoms with Crippen LogP contribution in [0.25, 0.3) is 10.9 Å². The summed E-state index contributed by atoms with van der Waals surface area (Å²) in [7, 11) is 0. The smallest absolute Gasteiger partial charge is 0.256 e. The molecule has 0 atom stereocenters. The van der Waals surface area contributed by atoms with Crippen LogP contribution < -0.4 is 10.1 Å². The molecule has 1 aliphatic carbocycles. The Morgan fingerprint density at radius 3 is 2.69 bits per heavy atom. The fourth-order valence-corrected chi connectivity index (χ4v) is 3.68. The number of nitrogens with zero attached hydrogens (tertiary/aromatic N) is 1. The van der Waals surface area contributed by atoms with Gasteiger partial charge in [0.15, 0.2) is 0 Å². The molecule has 140 valence electrons. The zero-order chi connectivity index (χ0) is 18.6. The molecule has 1 fully saturated rings. The van der Waals surface area contributed by atoms with Crippen molar-refractivity contribution < 1.29 is 14.3 Å². The lowest BCUT2D eigenvalue weighted by Gasteiger charge is -2.35. The van der Waals surface area contributed by atoms with Gasteiger partial charge in [-0.3, -0.25) is 9.78 Å². The number of benzene rings is 1. The Hall–Kier alpha value is -2.14. The van der Waals surface area contributed by atoms with Gasteiger partial charge in [0.1, 0.15) is 16.9 Å². The van der Waals surface area contributed by atoms with Crippen LogP contribution in [0.15, 0.2) is 30.5 Å². The van der Waals surface area contributed by atoms with Crippen LogP contribution in [0.3, 0.4) is 0 Å². The number of fused-ring (bicyclic) bond motifs is 1. The number of anilines is 1. The van der Waals surface area contributed by atoms with Crippen molar-refractivity contribution >= 4 is 22.5 Å². The number of ether oxygens (including phenoxy) is 2. The monoisotopic (exact) mass is 356 g/mol. The van der Waals surface area contributed by atoms with E-state index in [4.69, 9.17) is 9.47 Å². The van der Waals surface area contributed by atoms with E-state index >= 15 is 0 Å². The number of amides is 1. The third kappa shape index (κ3) is 3.83. The molecule has 0 bridgehead atoms. The molecule has 1 aliphatic rings. The highest BCUT2D eigenvalue weighted by atomic mass is 16.5. The SMILES string of the molecule is CCOC1(C(=O)Nc2ccc(OC(C)C)c3ncccc23)CCCCC1. The number of carbonyl (C=O) groups excluding carboxylic acids is 1. The zero-order valence-electron chi connectivity index (χ0n) is 15.9. The van der Waals surface area contributed by atoms with Crippen LogP contribution in [0, 0.1) is 0 Å². The first-order chi connectivity index (χ1) is 12.6. The van der Waals surface area contributed by atoms with Crippen LogP contribution >= 0.6 is 0 Å². The molecule has 1 aromatic carbocycles.